The number of nitrogens with zero attached hydrogens (tertiary/aromatic N) is 1. The Balaban J connectivity index is 2.87. The predicted molar refractivity (Wildman–Crippen MR) is 50.9 cm³/mol. The zero-order valence-corrected chi connectivity index (χ0v) is 7.80. The highest BCUT2D eigenvalue weighted by molar-refractivity contribution is 7.21. The minimum atomic E-state index is -1.29. The van der Waals surface area contributed by atoms with Gasteiger partial charge in [-0.3, -0.25) is 0 Å². The van der Waals surface area contributed by atoms with Gasteiger partial charge in [0.15, 0.2) is 0 Å². The van der Waals surface area contributed by atoms with Crippen LogP contribution in [0.5, 0.6) is 0 Å². The van der Waals surface area contributed by atoms with Gasteiger partial charge in [0.2, 0.25) is 0 Å². The molecule has 14 heavy (non-hydrogen) atoms. The van der Waals surface area contributed by atoms with Gasteiger partial charge in [-0.1, -0.05) is 18.2 Å². The summed E-state index contributed by atoms with van der Waals surface area (Å²) in [6.07, 6.45) is 0. The lowest BCUT2D eigenvalue weighted by Gasteiger charge is -1.95. The molecular formula is C10H4NO2S-. The van der Waals surface area contributed by atoms with Gasteiger partial charge in [0, 0.05) is 10.1 Å². The van der Waals surface area contributed by atoms with Crippen molar-refractivity contribution in [2.75, 3.05) is 0 Å². The first kappa shape index (κ1) is 8.73. The van der Waals surface area contributed by atoms with E-state index in [1.807, 2.05) is 6.07 Å². The van der Waals surface area contributed by atoms with Crippen LogP contribution in [0.25, 0.3) is 10.1 Å². The van der Waals surface area contributed by atoms with Crippen LogP contribution < -0.4 is 5.11 Å². The summed E-state index contributed by atoms with van der Waals surface area (Å²) in [6, 6.07) is 8.98. The standard InChI is InChI=1S/C10H5NO2S/c11-5-7-6-3-1-2-4-8(6)14-9(7)10(12)13/h1-4H,(H,12,13)/p-1. The number of carboxylic acids is 1. The second-order valence-electron chi connectivity index (χ2n) is 2.70. The highest BCUT2D eigenvalue weighted by atomic mass is 32.1. The van der Waals surface area contributed by atoms with Crippen LogP contribution in [0, 0.1) is 11.3 Å². The number of carbonyl (C=O) groups excluding carboxylic acids is 1. The number of fused-ring (bicyclic) bond motifs is 1. The van der Waals surface area contributed by atoms with Gasteiger partial charge >= 0.3 is 0 Å². The summed E-state index contributed by atoms with van der Waals surface area (Å²) < 4.78 is 0.795. The van der Waals surface area contributed by atoms with E-state index in [2.05, 4.69) is 0 Å². The van der Waals surface area contributed by atoms with E-state index in [4.69, 9.17) is 5.26 Å². The molecule has 4 heteroatoms. The summed E-state index contributed by atoms with van der Waals surface area (Å²) in [5.41, 5.74) is 0.200. The van der Waals surface area contributed by atoms with Gasteiger partial charge in [-0.2, -0.15) is 5.26 Å². The van der Waals surface area contributed by atoms with Crippen molar-refractivity contribution in [2.45, 2.75) is 0 Å². The molecule has 0 fully saturated rings. The lowest BCUT2D eigenvalue weighted by molar-refractivity contribution is -0.254. The number of carboxylic acid groups (broad SMARTS) is 1. The summed E-state index contributed by atoms with van der Waals surface area (Å²) in [4.78, 5) is 10.7. The quantitative estimate of drug-likeness (QED) is 0.696. The van der Waals surface area contributed by atoms with E-state index in [0.29, 0.717) is 5.39 Å². The lowest BCUT2D eigenvalue weighted by Crippen LogP contribution is -2.21. The summed E-state index contributed by atoms with van der Waals surface area (Å²) in [7, 11) is 0. The van der Waals surface area contributed by atoms with Crippen LogP contribution in [0.15, 0.2) is 24.3 Å². The molecule has 0 bridgehead atoms. The van der Waals surface area contributed by atoms with Crippen LogP contribution in [-0.4, -0.2) is 5.97 Å². The van der Waals surface area contributed by atoms with Gasteiger partial charge in [-0.25, -0.2) is 0 Å². The molecule has 2 aromatic rings. The van der Waals surface area contributed by atoms with Gasteiger partial charge in [0.1, 0.15) is 6.07 Å². The number of hydrogen-bond donors (Lipinski definition) is 0. The van der Waals surface area contributed by atoms with E-state index in [0.717, 1.165) is 16.0 Å². The van der Waals surface area contributed by atoms with Crippen molar-refractivity contribution < 1.29 is 9.90 Å². The Kier molecular flexibility index (Phi) is 1.95. The summed E-state index contributed by atoms with van der Waals surface area (Å²) in [5.74, 6) is -1.29. The fourth-order valence-corrected chi connectivity index (χ4v) is 2.29. The average molecular weight is 202 g/mol. The molecule has 0 aliphatic heterocycles. The summed E-state index contributed by atoms with van der Waals surface area (Å²) >= 11 is 1.07. The highest BCUT2D eigenvalue weighted by Crippen LogP contribution is 2.29. The molecule has 0 atom stereocenters. The van der Waals surface area contributed by atoms with Gasteiger partial charge in [-0.15, -0.1) is 11.3 Å². The number of benzene rings is 1. The molecule has 0 aliphatic carbocycles. The van der Waals surface area contributed by atoms with Crippen LogP contribution >= 0.6 is 11.3 Å². The smallest absolute Gasteiger partial charge is 0.101 e. The van der Waals surface area contributed by atoms with E-state index in [1.54, 1.807) is 24.3 Å². The molecule has 0 radical (unpaired) electrons. The minimum absolute atomic E-state index is 0.00806. The SMILES string of the molecule is N#Cc1c(C(=O)[O-])sc2ccccc12. The van der Waals surface area contributed by atoms with Crippen molar-refractivity contribution in [3.8, 4) is 6.07 Å². The maximum atomic E-state index is 10.7. The van der Waals surface area contributed by atoms with Gasteiger partial charge in [-0.05, 0) is 6.07 Å². The number of carbonyl (C=O) groups is 1. The third kappa shape index (κ3) is 1.15. The second kappa shape index (κ2) is 3.13. The van der Waals surface area contributed by atoms with E-state index < -0.39 is 5.97 Å². The summed E-state index contributed by atoms with van der Waals surface area (Å²) in [6.45, 7) is 0. The number of aromatic carboxylic acids is 1. The second-order valence-corrected chi connectivity index (χ2v) is 3.75. The molecule has 0 N–H and O–H groups in total. The normalized spacial score (nSPS) is 9.93. The predicted octanol–water partition coefficient (Wildman–Crippen LogP) is 1.14. The van der Waals surface area contributed by atoms with Crippen molar-refractivity contribution >= 4 is 27.4 Å². The Hall–Kier alpha value is -1.86. The molecule has 0 aliphatic rings. The fourth-order valence-electron chi connectivity index (χ4n) is 1.30. The van der Waals surface area contributed by atoms with Crippen molar-refractivity contribution in [3.05, 3.63) is 34.7 Å². The fraction of sp³-hybridized carbons (Fsp3) is 0. The minimum Gasteiger partial charge on any atom is -0.544 e. The molecular weight excluding hydrogens is 198 g/mol. The van der Waals surface area contributed by atoms with Gasteiger partial charge in [0.25, 0.3) is 0 Å². The molecule has 1 heterocycles. The van der Waals surface area contributed by atoms with E-state index in [9.17, 15) is 9.90 Å². The molecule has 2 rings (SSSR count). The zero-order chi connectivity index (χ0) is 10.1. The highest BCUT2D eigenvalue weighted by Gasteiger charge is 2.11. The van der Waals surface area contributed by atoms with Crippen LogP contribution in [0.4, 0.5) is 0 Å². The third-order valence-corrected chi connectivity index (χ3v) is 3.04. The molecule has 0 saturated heterocycles. The zero-order valence-electron chi connectivity index (χ0n) is 6.98. The maximum absolute atomic E-state index is 10.7. The number of hydrogen-bond acceptors (Lipinski definition) is 4. The first-order chi connectivity index (χ1) is 6.74. The van der Waals surface area contributed by atoms with E-state index in [-0.39, 0.29) is 10.4 Å². The largest absolute Gasteiger partial charge is 0.544 e. The van der Waals surface area contributed by atoms with Crippen LogP contribution in [0.3, 0.4) is 0 Å². The van der Waals surface area contributed by atoms with Gasteiger partial charge in [0.05, 0.1) is 16.4 Å². The third-order valence-electron chi connectivity index (χ3n) is 1.89. The van der Waals surface area contributed by atoms with Crippen LogP contribution in [0.2, 0.25) is 0 Å². The van der Waals surface area contributed by atoms with E-state index >= 15 is 0 Å². The molecule has 0 amide bonds. The molecule has 1 aromatic heterocycles. The number of thiophene rings is 1. The Bertz CT molecular complexity index is 551. The summed E-state index contributed by atoms with van der Waals surface area (Å²) in [5, 5.41) is 20.2. The lowest BCUT2D eigenvalue weighted by atomic mass is 10.1. The van der Waals surface area contributed by atoms with Crippen molar-refractivity contribution in [1.82, 2.24) is 0 Å². The first-order valence-corrected chi connectivity index (χ1v) is 4.68. The Labute approximate surface area is 83.8 Å². The van der Waals surface area contributed by atoms with Crippen LogP contribution in [0.1, 0.15) is 15.2 Å². The van der Waals surface area contributed by atoms with Crippen molar-refractivity contribution in [2.24, 2.45) is 0 Å². The van der Waals surface area contributed by atoms with Crippen molar-refractivity contribution in [3.63, 3.8) is 0 Å². The number of nitriles is 1. The Morgan fingerprint density at radius 2 is 2.14 bits per heavy atom. The molecule has 0 spiro atoms. The average Bonchev–Trinajstić information content (AvgIpc) is 2.56. The number of rotatable bonds is 1. The van der Waals surface area contributed by atoms with Crippen molar-refractivity contribution in [1.29, 1.82) is 5.26 Å². The molecule has 68 valence electrons. The molecule has 0 unspecified atom stereocenters. The molecule has 3 nitrogen and oxygen atoms in total. The first-order valence-electron chi connectivity index (χ1n) is 3.87. The molecule has 1 aromatic carbocycles. The van der Waals surface area contributed by atoms with Crippen LogP contribution in [-0.2, 0) is 0 Å². The topological polar surface area (TPSA) is 63.9 Å². The Morgan fingerprint density at radius 3 is 2.79 bits per heavy atom. The Morgan fingerprint density at radius 1 is 1.43 bits per heavy atom. The monoisotopic (exact) mass is 202 g/mol. The molecule has 0 saturated carbocycles. The van der Waals surface area contributed by atoms with Gasteiger partial charge < -0.3 is 9.90 Å². The maximum Gasteiger partial charge on any atom is 0.101 e. The van der Waals surface area contributed by atoms with E-state index in [1.165, 1.54) is 0 Å².